The van der Waals surface area contributed by atoms with Gasteiger partial charge in [-0.05, 0) is 31.5 Å². The predicted octanol–water partition coefficient (Wildman–Crippen LogP) is 0.873. The van der Waals surface area contributed by atoms with Gasteiger partial charge in [-0.25, -0.2) is 0 Å². The molecule has 1 atom stereocenters. The van der Waals surface area contributed by atoms with E-state index in [-0.39, 0.29) is 0 Å². The molecule has 96 valence electrons. The third-order valence-electron chi connectivity index (χ3n) is 3.63. The van der Waals surface area contributed by atoms with Crippen LogP contribution in [0.3, 0.4) is 0 Å². The van der Waals surface area contributed by atoms with Crippen LogP contribution in [0.5, 0.6) is 0 Å². The van der Waals surface area contributed by atoms with Gasteiger partial charge in [0.1, 0.15) is 5.82 Å². The minimum atomic E-state index is 0.514. The topological polar surface area (TPSA) is 68.2 Å². The highest BCUT2D eigenvalue weighted by Gasteiger charge is 2.17. The van der Waals surface area contributed by atoms with E-state index < -0.39 is 0 Å². The van der Waals surface area contributed by atoms with Crippen molar-refractivity contribution < 1.29 is 0 Å². The fourth-order valence-electron chi connectivity index (χ4n) is 2.68. The number of pyridine rings is 1. The van der Waals surface area contributed by atoms with Gasteiger partial charge < -0.3 is 11.1 Å². The van der Waals surface area contributed by atoms with Crippen molar-refractivity contribution in [3.63, 3.8) is 0 Å². The molecule has 0 bridgehead atoms. The zero-order valence-electron chi connectivity index (χ0n) is 10.5. The van der Waals surface area contributed by atoms with Crippen LogP contribution < -0.4 is 11.1 Å². The van der Waals surface area contributed by atoms with E-state index in [2.05, 4.69) is 19.9 Å². The number of hydrogen-bond donors (Lipinski definition) is 2. The van der Waals surface area contributed by atoms with E-state index in [4.69, 9.17) is 5.73 Å². The molecule has 1 aliphatic rings. The predicted molar refractivity (Wildman–Crippen MR) is 70.2 cm³/mol. The van der Waals surface area contributed by atoms with Crippen molar-refractivity contribution in [2.75, 3.05) is 6.54 Å². The average molecular weight is 245 g/mol. The minimum Gasteiger partial charge on any atom is -0.325 e. The number of fused-ring (bicyclic) bond motifs is 1. The van der Waals surface area contributed by atoms with E-state index in [9.17, 15) is 0 Å². The molecule has 0 aromatic carbocycles. The second kappa shape index (κ2) is 5.04. The second-order valence-electron chi connectivity index (χ2n) is 4.88. The summed E-state index contributed by atoms with van der Waals surface area (Å²) in [7, 11) is 0. The number of hydrogen-bond acceptors (Lipinski definition) is 4. The van der Waals surface area contributed by atoms with Gasteiger partial charge in [-0.3, -0.25) is 4.40 Å². The number of rotatable bonds is 3. The number of nitrogens with one attached hydrogen (secondary N) is 1. The van der Waals surface area contributed by atoms with E-state index in [1.807, 2.05) is 18.2 Å². The van der Waals surface area contributed by atoms with Crippen molar-refractivity contribution in [1.29, 1.82) is 0 Å². The lowest BCUT2D eigenvalue weighted by molar-refractivity contribution is 0.393. The molecule has 2 aromatic rings. The van der Waals surface area contributed by atoms with Crippen molar-refractivity contribution in [2.24, 2.45) is 5.73 Å². The van der Waals surface area contributed by atoms with Gasteiger partial charge in [0, 0.05) is 24.7 Å². The third kappa shape index (κ3) is 2.11. The van der Waals surface area contributed by atoms with Crippen molar-refractivity contribution in [1.82, 2.24) is 19.9 Å². The molecule has 0 saturated carbocycles. The van der Waals surface area contributed by atoms with Crippen LogP contribution in [0.4, 0.5) is 0 Å². The van der Waals surface area contributed by atoms with E-state index in [0.29, 0.717) is 12.6 Å². The minimum absolute atomic E-state index is 0.514. The first-order valence-corrected chi connectivity index (χ1v) is 6.64. The first-order valence-electron chi connectivity index (χ1n) is 6.64. The Balaban J connectivity index is 1.91. The highest BCUT2D eigenvalue weighted by Crippen LogP contribution is 2.14. The molecule has 5 nitrogen and oxygen atoms in total. The third-order valence-corrected chi connectivity index (χ3v) is 3.63. The van der Waals surface area contributed by atoms with Crippen LogP contribution in [-0.2, 0) is 13.0 Å². The van der Waals surface area contributed by atoms with Crippen LogP contribution in [-0.4, -0.2) is 27.2 Å². The van der Waals surface area contributed by atoms with E-state index in [1.165, 1.54) is 19.3 Å². The Bertz CT molecular complexity index is 527. The highest BCUT2D eigenvalue weighted by atomic mass is 15.3. The maximum atomic E-state index is 5.79. The molecule has 1 fully saturated rings. The van der Waals surface area contributed by atoms with Crippen molar-refractivity contribution in [2.45, 2.75) is 38.3 Å². The molecule has 0 spiro atoms. The molecule has 5 heteroatoms. The fourth-order valence-corrected chi connectivity index (χ4v) is 2.68. The summed E-state index contributed by atoms with van der Waals surface area (Å²) in [5.74, 6) is 1.02. The van der Waals surface area contributed by atoms with Crippen LogP contribution in [0, 0.1) is 0 Å². The molecule has 0 aliphatic carbocycles. The van der Waals surface area contributed by atoms with Gasteiger partial charge in [-0.2, -0.15) is 0 Å². The van der Waals surface area contributed by atoms with E-state index in [1.54, 1.807) is 0 Å². The monoisotopic (exact) mass is 245 g/mol. The number of nitrogens with zero attached hydrogens (tertiary/aromatic N) is 3. The van der Waals surface area contributed by atoms with Crippen LogP contribution in [0.1, 0.15) is 30.8 Å². The molecular formula is C13H19N5. The van der Waals surface area contributed by atoms with Crippen molar-refractivity contribution in [3.8, 4) is 0 Å². The van der Waals surface area contributed by atoms with Gasteiger partial charge in [0.2, 0.25) is 0 Å². The summed E-state index contributed by atoms with van der Waals surface area (Å²) in [5.41, 5.74) is 7.75. The van der Waals surface area contributed by atoms with Crippen LogP contribution >= 0.6 is 0 Å². The molecule has 3 heterocycles. The number of nitrogens with two attached hydrogens (primary N) is 1. The summed E-state index contributed by atoms with van der Waals surface area (Å²) in [6.07, 6.45) is 4.74. The maximum absolute atomic E-state index is 5.79. The van der Waals surface area contributed by atoms with Gasteiger partial charge in [0.25, 0.3) is 0 Å². The maximum Gasteiger partial charge on any atom is 0.161 e. The van der Waals surface area contributed by atoms with Gasteiger partial charge >= 0.3 is 0 Å². The summed E-state index contributed by atoms with van der Waals surface area (Å²) in [5, 5.41) is 12.1. The normalized spacial score (nSPS) is 20.4. The lowest BCUT2D eigenvalue weighted by Crippen LogP contribution is -2.36. The van der Waals surface area contributed by atoms with Crippen LogP contribution in [0.25, 0.3) is 5.65 Å². The summed E-state index contributed by atoms with van der Waals surface area (Å²) >= 11 is 0. The Morgan fingerprint density at radius 2 is 2.28 bits per heavy atom. The summed E-state index contributed by atoms with van der Waals surface area (Å²) in [6, 6.07) is 6.52. The summed E-state index contributed by atoms with van der Waals surface area (Å²) in [4.78, 5) is 0. The van der Waals surface area contributed by atoms with Crippen LogP contribution in [0.2, 0.25) is 0 Å². The standard InChI is InChI=1S/C13H19N5/c14-9-11-5-3-6-12-16-17-13(18(11)12)8-10-4-1-2-7-15-10/h3,5-6,10,15H,1-2,4,7-9,14H2. The molecule has 1 aliphatic heterocycles. The Hall–Kier alpha value is -1.46. The molecule has 0 radical (unpaired) electrons. The molecule has 2 aromatic heterocycles. The molecule has 0 amide bonds. The Morgan fingerprint density at radius 3 is 3.06 bits per heavy atom. The lowest BCUT2D eigenvalue weighted by atomic mass is 10.0. The van der Waals surface area contributed by atoms with E-state index in [0.717, 1.165) is 30.1 Å². The lowest BCUT2D eigenvalue weighted by Gasteiger charge is -2.22. The Morgan fingerprint density at radius 1 is 1.33 bits per heavy atom. The first kappa shape index (κ1) is 11.6. The molecule has 3 rings (SSSR count). The first-order chi connectivity index (χ1) is 8.88. The van der Waals surface area contributed by atoms with Crippen LogP contribution in [0.15, 0.2) is 18.2 Å². The average Bonchev–Trinajstić information content (AvgIpc) is 2.83. The Kier molecular flexibility index (Phi) is 3.25. The van der Waals surface area contributed by atoms with Crippen molar-refractivity contribution >= 4 is 5.65 Å². The zero-order chi connectivity index (χ0) is 12.4. The smallest absolute Gasteiger partial charge is 0.161 e. The largest absolute Gasteiger partial charge is 0.325 e. The van der Waals surface area contributed by atoms with Crippen molar-refractivity contribution in [3.05, 3.63) is 29.7 Å². The zero-order valence-corrected chi connectivity index (χ0v) is 10.5. The second-order valence-corrected chi connectivity index (χ2v) is 4.88. The number of aromatic nitrogens is 3. The molecular weight excluding hydrogens is 226 g/mol. The van der Waals surface area contributed by atoms with E-state index >= 15 is 0 Å². The van der Waals surface area contributed by atoms with Gasteiger partial charge in [-0.1, -0.05) is 12.5 Å². The Labute approximate surface area is 106 Å². The highest BCUT2D eigenvalue weighted by molar-refractivity contribution is 5.40. The number of piperidine rings is 1. The molecule has 18 heavy (non-hydrogen) atoms. The van der Waals surface area contributed by atoms with Gasteiger partial charge in [-0.15, -0.1) is 10.2 Å². The fraction of sp³-hybridized carbons (Fsp3) is 0.538. The molecule has 1 unspecified atom stereocenters. The van der Waals surface area contributed by atoms with Gasteiger partial charge in [0.15, 0.2) is 5.65 Å². The summed E-state index contributed by atoms with van der Waals surface area (Å²) in [6.45, 7) is 1.63. The van der Waals surface area contributed by atoms with Gasteiger partial charge in [0.05, 0.1) is 0 Å². The molecule has 1 saturated heterocycles. The SMILES string of the molecule is NCc1cccc2nnc(CC3CCCCN3)n12. The summed E-state index contributed by atoms with van der Waals surface area (Å²) < 4.78 is 2.09. The molecule has 3 N–H and O–H groups in total. The quantitative estimate of drug-likeness (QED) is 0.842.